The van der Waals surface area contributed by atoms with Gasteiger partial charge in [0, 0.05) is 17.8 Å². The van der Waals surface area contributed by atoms with E-state index in [0.29, 0.717) is 6.42 Å². The predicted octanol–water partition coefficient (Wildman–Crippen LogP) is 3.73. The molecule has 0 unspecified atom stereocenters. The fraction of sp³-hybridized carbons (Fsp3) is 0.389. The van der Waals surface area contributed by atoms with Crippen LogP contribution in [0.4, 0.5) is 0 Å². The molecule has 6 heteroatoms. The fourth-order valence-electron chi connectivity index (χ4n) is 2.38. The Hall–Kier alpha value is -1.66. The van der Waals surface area contributed by atoms with Gasteiger partial charge in [0.2, 0.25) is 5.91 Å². The van der Waals surface area contributed by atoms with Gasteiger partial charge in [0.15, 0.2) is 9.84 Å². The highest BCUT2D eigenvalue weighted by atomic mass is 32.2. The van der Waals surface area contributed by atoms with E-state index in [4.69, 9.17) is 0 Å². The van der Waals surface area contributed by atoms with Crippen molar-refractivity contribution in [2.45, 2.75) is 37.3 Å². The van der Waals surface area contributed by atoms with Crippen molar-refractivity contribution in [2.24, 2.45) is 5.92 Å². The number of thiophene rings is 1. The monoisotopic (exact) mass is 365 g/mol. The minimum Gasteiger partial charge on any atom is -0.354 e. The number of hydrogen-bond acceptors (Lipinski definition) is 4. The lowest BCUT2D eigenvalue weighted by Crippen LogP contribution is -2.32. The SMILES string of the molecule is Cc1ccc(S(=O)(=O)[C@@H](CNC(=O)CC(C)C)c2cccs2)cc1. The highest BCUT2D eigenvalue weighted by Crippen LogP contribution is 2.31. The molecule has 1 aromatic heterocycles. The van der Waals surface area contributed by atoms with Crippen molar-refractivity contribution in [3.8, 4) is 0 Å². The minimum atomic E-state index is -3.57. The Morgan fingerprint density at radius 2 is 1.83 bits per heavy atom. The lowest BCUT2D eigenvalue weighted by Gasteiger charge is -2.18. The summed E-state index contributed by atoms with van der Waals surface area (Å²) in [5.74, 6) is 0.115. The van der Waals surface area contributed by atoms with E-state index < -0.39 is 15.1 Å². The van der Waals surface area contributed by atoms with E-state index in [2.05, 4.69) is 5.32 Å². The Bertz CT molecular complexity index is 763. The summed E-state index contributed by atoms with van der Waals surface area (Å²) in [6.07, 6.45) is 0.391. The quantitative estimate of drug-likeness (QED) is 0.813. The highest BCUT2D eigenvalue weighted by molar-refractivity contribution is 7.91. The summed E-state index contributed by atoms with van der Waals surface area (Å²) in [4.78, 5) is 13.0. The molecule has 1 aromatic carbocycles. The number of amides is 1. The third-order valence-electron chi connectivity index (χ3n) is 3.66. The third kappa shape index (κ3) is 4.68. The minimum absolute atomic E-state index is 0.0856. The average Bonchev–Trinajstić information content (AvgIpc) is 3.01. The summed E-state index contributed by atoms with van der Waals surface area (Å²) < 4.78 is 26.1. The molecule has 24 heavy (non-hydrogen) atoms. The van der Waals surface area contributed by atoms with Crippen LogP contribution in [-0.4, -0.2) is 20.9 Å². The zero-order chi connectivity index (χ0) is 17.7. The van der Waals surface area contributed by atoms with Gasteiger partial charge in [-0.1, -0.05) is 37.6 Å². The maximum atomic E-state index is 13.0. The summed E-state index contributed by atoms with van der Waals surface area (Å²) >= 11 is 1.39. The Morgan fingerprint density at radius 1 is 1.17 bits per heavy atom. The second-order valence-electron chi connectivity index (χ2n) is 6.26. The Morgan fingerprint density at radius 3 is 2.38 bits per heavy atom. The zero-order valence-corrected chi connectivity index (χ0v) is 15.8. The lowest BCUT2D eigenvalue weighted by atomic mass is 10.1. The molecular formula is C18H23NO3S2. The first-order valence-corrected chi connectivity index (χ1v) is 10.3. The number of sulfone groups is 1. The fourth-order valence-corrected chi connectivity index (χ4v) is 5.16. The van der Waals surface area contributed by atoms with Gasteiger partial charge in [0.05, 0.1) is 4.90 Å². The first-order valence-electron chi connectivity index (χ1n) is 7.91. The van der Waals surface area contributed by atoms with E-state index in [1.54, 1.807) is 30.3 Å². The molecule has 0 saturated heterocycles. The topological polar surface area (TPSA) is 63.2 Å². The predicted molar refractivity (Wildman–Crippen MR) is 97.9 cm³/mol. The summed E-state index contributed by atoms with van der Waals surface area (Å²) in [6, 6.07) is 10.5. The number of hydrogen-bond donors (Lipinski definition) is 1. The molecule has 0 aliphatic carbocycles. The number of carbonyl (C=O) groups is 1. The van der Waals surface area contributed by atoms with Crippen molar-refractivity contribution in [3.63, 3.8) is 0 Å². The zero-order valence-electron chi connectivity index (χ0n) is 14.2. The van der Waals surface area contributed by atoms with Gasteiger partial charge >= 0.3 is 0 Å². The molecule has 1 atom stereocenters. The van der Waals surface area contributed by atoms with Crippen LogP contribution in [0.1, 0.15) is 36.0 Å². The molecule has 0 bridgehead atoms. The summed E-state index contributed by atoms with van der Waals surface area (Å²) in [6.45, 7) is 5.92. The molecular weight excluding hydrogens is 342 g/mol. The van der Waals surface area contributed by atoms with Crippen LogP contribution in [0.3, 0.4) is 0 Å². The van der Waals surface area contributed by atoms with Crippen LogP contribution < -0.4 is 5.32 Å². The lowest BCUT2D eigenvalue weighted by molar-refractivity contribution is -0.121. The van der Waals surface area contributed by atoms with E-state index >= 15 is 0 Å². The van der Waals surface area contributed by atoms with E-state index in [1.807, 2.05) is 32.2 Å². The van der Waals surface area contributed by atoms with Crippen LogP contribution in [0.25, 0.3) is 0 Å². The smallest absolute Gasteiger partial charge is 0.220 e. The van der Waals surface area contributed by atoms with Crippen LogP contribution in [0, 0.1) is 12.8 Å². The van der Waals surface area contributed by atoms with Crippen molar-refractivity contribution in [2.75, 3.05) is 6.54 Å². The van der Waals surface area contributed by atoms with Crippen molar-refractivity contribution >= 4 is 27.1 Å². The molecule has 130 valence electrons. The van der Waals surface area contributed by atoms with Gasteiger partial charge in [0.1, 0.15) is 5.25 Å². The maximum Gasteiger partial charge on any atom is 0.220 e. The summed E-state index contributed by atoms with van der Waals surface area (Å²) in [5, 5.41) is 3.86. The molecule has 0 spiro atoms. The molecule has 1 N–H and O–H groups in total. The Labute approximate surface area is 147 Å². The van der Waals surface area contributed by atoms with Crippen LogP contribution in [0.15, 0.2) is 46.7 Å². The number of aryl methyl sites for hydroxylation is 1. The third-order valence-corrected chi connectivity index (χ3v) is 6.90. The van der Waals surface area contributed by atoms with Crippen molar-refractivity contribution in [1.29, 1.82) is 0 Å². The van der Waals surface area contributed by atoms with Gasteiger partial charge in [-0.2, -0.15) is 0 Å². The van der Waals surface area contributed by atoms with Crippen LogP contribution in [0.2, 0.25) is 0 Å². The first-order chi connectivity index (χ1) is 11.3. The van der Waals surface area contributed by atoms with E-state index in [0.717, 1.165) is 10.4 Å². The average molecular weight is 366 g/mol. The molecule has 0 aliphatic heterocycles. The number of carbonyl (C=O) groups excluding carboxylic acids is 1. The second-order valence-corrected chi connectivity index (χ2v) is 9.37. The standard InChI is InChI=1S/C18H23NO3S2/c1-13(2)11-18(20)19-12-17(16-5-4-10-23-16)24(21,22)15-8-6-14(3)7-9-15/h4-10,13,17H,11-12H2,1-3H3,(H,19,20)/t17-/m0/s1. The van der Waals surface area contributed by atoms with Gasteiger partial charge < -0.3 is 5.32 Å². The molecule has 1 heterocycles. The summed E-state index contributed by atoms with van der Waals surface area (Å²) in [5.41, 5.74) is 1.01. The van der Waals surface area contributed by atoms with Crippen molar-refractivity contribution in [1.82, 2.24) is 5.32 Å². The molecule has 0 aliphatic rings. The Balaban J connectivity index is 2.26. The van der Waals surface area contributed by atoms with Gasteiger partial charge in [0.25, 0.3) is 0 Å². The molecule has 2 aromatic rings. The van der Waals surface area contributed by atoms with Crippen LogP contribution >= 0.6 is 11.3 Å². The number of rotatable bonds is 7. The molecule has 4 nitrogen and oxygen atoms in total. The molecule has 2 rings (SSSR count). The van der Waals surface area contributed by atoms with Crippen molar-refractivity contribution in [3.05, 3.63) is 52.2 Å². The highest BCUT2D eigenvalue weighted by Gasteiger charge is 2.30. The van der Waals surface area contributed by atoms with Gasteiger partial charge in [-0.05, 0) is 36.4 Å². The van der Waals surface area contributed by atoms with E-state index in [1.165, 1.54) is 11.3 Å². The Kier molecular flexibility index (Phi) is 6.18. The molecule has 1 amide bonds. The normalized spacial score (nSPS) is 13.0. The maximum absolute atomic E-state index is 13.0. The van der Waals surface area contributed by atoms with Crippen LogP contribution in [-0.2, 0) is 14.6 Å². The molecule has 0 fully saturated rings. The largest absolute Gasteiger partial charge is 0.354 e. The molecule has 0 radical (unpaired) electrons. The van der Waals surface area contributed by atoms with Crippen molar-refractivity contribution < 1.29 is 13.2 Å². The van der Waals surface area contributed by atoms with E-state index in [-0.39, 0.29) is 23.3 Å². The van der Waals surface area contributed by atoms with E-state index in [9.17, 15) is 13.2 Å². The number of benzene rings is 1. The van der Waals surface area contributed by atoms with Gasteiger partial charge in [-0.15, -0.1) is 11.3 Å². The molecule has 0 saturated carbocycles. The van der Waals surface area contributed by atoms with Gasteiger partial charge in [-0.3, -0.25) is 4.79 Å². The summed E-state index contributed by atoms with van der Waals surface area (Å²) in [7, 11) is -3.57. The number of nitrogens with one attached hydrogen (secondary N) is 1. The van der Waals surface area contributed by atoms with Gasteiger partial charge in [-0.25, -0.2) is 8.42 Å². The van der Waals surface area contributed by atoms with Crippen LogP contribution in [0.5, 0.6) is 0 Å². The second kappa shape index (κ2) is 7.94. The first kappa shape index (κ1) is 18.7.